The first-order valence-electron chi connectivity index (χ1n) is 13.6. The molecule has 8 heteroatoms. The zero-order valence-electron chi connectivity index (χ0n) is 22.1. The van der Waals surface area contributed by atoms with Gasteiger partial charge in [-0.1, -0.05) is 42.5 Å². The summed E-state index contributed by atoms with van der Waals surface area (Å²) < 4.78 is 8.13. The number of amides is 1. The molecule has 5 aromatic rings. The van der Waals surface area contributed by atoms with E-state index in [9.17, 15) is 4.79 Å². The van der Waals surface area contributed by atoms with E-state index in [1.54, 1.807) is 6.07 Å². The number of benzene rings is 3. The molecule has 0 aliphatic heterocycles. The van der Waals surface area contributed by atoms with Crippen LogP contribution in [0.1, 0.15) is 47.4 Å². The lowest BCUT2D eigenvalue weighted by Crippen LogP contribution is -2.41. The molecule has 6 rings (SSSR count). The number of hydrogen-bond donors (Lipinski definition) is 4. The van der Waals surface area contributed by atoms with E-state index >= 15 is 0 Å². The summed E-state index contributed by atoms with van der Waals surface area (Å²) >= 11 is 0. The molecule has 0 atom stereocenters. The molecule has 1 aliphatic rings. The van der Waals surface area contributed by atoms with Crippen LogP contribution in [0.4, 0.5) is 0 Å². The molecule has 0 radical (unpaired) electrons. The Hall–Kier alpha value is -4.69. The van der Waals surface area contributed by atoms with Gasteiger partial charge in [-0.05, 0) is 84.5 Å². The van der Waals surface area contributed by atoms with Crippen molar-refractivity contribution in [3.63, 3.8) is 0 Å². The van der Waals surface area contributed by atoms with Gasteiger partial charge in [0.2, 0.25) is 0 Å². The van der Waals surface area contributed by atoms with Gasteiger partial charge in [-0.15, -0.1) is 0 Å². The van der Waals surface area contributed by atoms with Crippen molar-refractivity contribution in [1.82, 2.24) is 14.9 Å². The molecule has 40 heavy (non-hydrogen) atoms. The van der Waals surface area contributed by atoms with Crippen molar-refractivity contribution >= 4 is 33.5 Å². The van der Waals surface area contributed by atoms with Gasteiger partial charge in [0.25, 0.3) is 5.91 Å². The van der Waals surface area contributed by atoms with Gasteiger partial charge in [0, 0.05) is 17.5 Å². The number of pyridine rings is 1. The molecule has 0 spiro atoms. The highest BCUT2D eigenvalue weighted by Gasteiger charge is 2.24. The summed E-state index contributed by atoms with van der Waals surface area (Å²) in [7, 11) is 0. The Labute approximate surface area is 232 Å². The minimum Gasteiger partial charge on any atom is -0.457 e. The van der Waals surface area contributed by atoms with Crippen LogP contribution in [0, 0.1) is 5.41 Å². The summed E-state index contributed by atoms with van der Waals surface area (Å²) in [6, 6.07) is 27.5. The number of aromatic nitrogens is 2. The number of hydrogen-bond acceptors (Lipinski definition) is 5. The average molecular weight is 533 g/mol. The first-order valence-corrected chi connectivity index (χ1v) is 13.6. The zero-order valence-corrected chi connectivity index (χ0v) is 22.1. The van der Waals surface area contributed by atoms with E-state index in [0.29, 0.717) is 29.3 Å². The van der Waals surface area contributed by atoms with Crippen molar-refractivity contribution in [2.75, 3.05) is 0 Å². The standard InChI is InChI=1S/C32H32N6O2/c33-23-11-13-24(14-12-23)36-32(39)29-18-21-10-15-28(30(34)35)37-31(21)38(29)19-22-17-26(40-25-7-2-1-3-8-25)16-20-6-4-5-9-27(20)22/h1-10,15-18,23-24H,11-14,19,33H2,(H3,34,35)(H,36,39)/t23-,24-. The Morgan fingerprint density at radius 2 is 1.68 bits per heavy atom. The van der Waals surface area contributed by atoms with Crippen molar-refractivity contribution < 1.29 is 9.53 Å². The molecule has 1 fully saturated rings. The normalized spacial score (nSPS) is 17.1. The fourth-order valence-electron chi connectivity index (χ4n) is 5.49. The zero-order chi connectivity index (χ0) is 27.6. The molecule has 3 aromatic carbocycles. The van der Waals surface area contributed by atoms with Gasteiger partial charge in [0.15, 0.2) is 0 Å². The van der Waals surface area contributed by atoms with E-state index in [-0.39, 0.29) is 23.8 Å². The minimum atomic E-state index is -0.149. The average Bonchev–Trinajstić information content (AvgIpc) is 3.32. The number of nitrogens with two attached hydrogens (primary N) is 2. The van der Waals surface area contributed by atoms with Crippen LogP contribution >= 0.6 is 0 Å². The summed E-state index contributed by atoms with van der Waals surface area (Å²) in [6.45, 7) is 0.378. The second-order valence-electron chi connectivity index (χ2n) is 10.4. The van der Waals surface area contributed by atoms with Crippen molar-refractivity contribution in [1.29, 1.82) is 5.41 Å². The first-order chi connectivity index (χ1) is 19.4. The highest BCUT2D eigenvalue weighted by Crippen LogP contribution is 2.31. The number of fused-ring (bicyclic) bond motifs is 2. The van der Waals surface area contributed by atoms with Crippen molar-refractivity contribution in [2.24, 2.45) is 11.5 Å². The minimum absolute atomic E-state index is 0.0860. The number of nitrogen functional groups attached to an aromatic ring is 1. The van der Waals surface area contributed by atoms with Gasteiger partial charge < -0.3 is 26.1 Å². The van der Waals surface area contributed by atoms with Crippen LogP contribution in [0.25, 0.3) is 21.8 Å². The molecule has 2 heterocycles. The number of rotatable bonds is 7. The van der Waals surface area contributed by atoms with Crippen LogP contribution in [0.15, 0.2) is 84.9 Å². The highest BCUT2D eigenvalue weighted by molar-refractivity contribution is 6.00. The van der Waals surface area contributed by atoms with E-state index in [1.807, 2.05) is 71.3 Å². The van der Waals surface area contributed by atoms with Crippen LogP contribution in [0.5, 0.6) is 11.5 Å². The maximum Gasteiger partial charge on any atom is 0.268 e. The Balaban J connectivity index is 1.43. The molecule has 202 valence electrons. The molecule has 0 saturated heterocycles. The number of carbonyl (C=O) groups excluding carboxylic acids is 1. The smallest absolute Gasteiger partial charge is 0.268 e. The van der Waals surface area contributed by atoms with Crippen LogP contribution in [0.2, 0.25) is 0 Å². The predicted octanol–water partition coefficient (Wildman–Crippen LogP) is 5.31. The van der Waals surface area contributed by atoms with Gasteiger partial charge in [0.1, 0.15) is 34.4 Å². The van der Waals surface area contributed by atoms with Gasteiger partial charge in [-0.25, -0.2) is 4.98 Å². The second-order valence-corrected chi connectivity index (χ2v) is 10.4. The number of ether oxygens (including phenoxy) is 1. The Bertz CT molecular complexity index is 1700. The van der Waals surface area contributed by atoms with Crippen LogP contribution in [-0.4, -0.2) is 33.4 Å². The van der Waals surface area contributed by atoms with Gasteiger partial charge in [0.05, 0.1) is 6.54 Å². The van der Waals surface area contributed by atoms with E-state index in [4.69, 9.17) is 21.6 Å². The van der Waals surface area contributed by atoms with Crippen LogP contribution in [0.3, 0.4) is 0 Å². The molecular weight excluding hydrogens is 500 g/mol. The lowest BCUT2D eigenvalue weighted by Gasteiger charge is -2.27. The summed E-state index contributed by atoms with van der Waals surface area (Å²) in [5.74, 6) is 1.18. The third-order valence-electron chi connectivity index (χ3n) is 7.59. The lowest BCUT2D eigenvalue weighted by molar-refractivity contribution is 0.0917. The van der Waals surface area contributed by atoms with E-state index in [0.717, 1.165) is 53.2 Å². The highest BCUT2D eigenvalue weighted by atomic mass is 16.5. The quantitative estimate of drug-likeness (QED) is 0.167. The largest absolute Gasteiger partial charge is 0.457 e. The summed E-state index contributed by atoms with van der Waals surface area (Å²) in [6.07, 6.45) is 3.53. The molecule has 1 aliphatic carbocycles. The molecule has 1 saturated carbocycles. The monoisotopic (exact) mass is 532 g/mol. The summed E-state index contributed by atoms with van der Waals surface area (Å²) in [5, 5.41) is 14.0. The molecule has 0 unspecified atom stereocenters. The Morgan fingerprint density at radius 1 is 0.925 bits per heavy atom. The number of carbonyl (C=O) groups is 1. The number of nitrogens with one attached hydrogen (secondary N) is 2. The molecule has 1 amide bonds. The number of nitrogens with zero attached hydrogens (tertiary/aromatic N) is 2. The van der Waals surface area contributed by atoms with E-state index in [1.165, 1.54) is 0 Å². The Kier molecular flexibility index (Phi) is 6.92. The van der Waals surface area contributed by atoms with Crippen LogP contribution in [-0.2, 0) is 6.54 Å². The van der Waals surface area contributed by atoms with Gasteiger partial charge in [-0.3, -0.25) is 10.2 Å². The van der Waals surface area contributed by atoms with E-state index in [2.05, 4.69) is 22.4 Å². The topological polar surface area (TPSA) is 132 Å². The molecule has 2 aromatic heterocycles. The van der Waals surface area contributed by atoms with Crippen molar-refractivity contribution in [3.05, 3.63) is 102 Å². The SMILES string of the molecule is N=C(N)c1ccc2cc(C(=O)N[C@H]3CC[C@H](N)CC3)n(Cc3cc(Oc4ccccc4)cc4ccccc34)c2n1. The third kappa shape index (κ3) is 5.26. The van der Waals surface area contributed by atoms with Crippen molar-refractivity contribution in [2.45, 2.75) is 44.3 Å². The first kappa shape index (κ1) is 25.6. The fourth-order valence-corrected chi connectivity index (χ4v) is 5.49. The maximum atomic E-state index is 13.7. The summed E-state index contributed by atoms with van der Waals surface area (Å²) in [5.41, 5.74) is 14.3. The third-order valence-corrected chi connectivity index (χ3v) is 7.59. The van der Waals surface area contributed by atoms with Crippen LogP contribution < -0.4 is 21.5 Å². The lowest BCUT2D eigenvalue weighted by atomic mass is 9.92. The predicted molar refractivity (Wildman–Crippen MR) is 158 cm³/mol. The fraction of sp³-hybridized carbons (Fsp3) is 0.219. The van der Waals surface area contributed by atoms with Crippen molar-refractivity contribution in [3.8, 4) is 11.5 Å². The molecule has 0 bridgehead atoms. The number of para-hydroxylation sites is 1. The summed E-state index contributed by atoms with van der Waals surface area (Å²) in [4.78, 5) is 18.4. The maximum absolute atomic E-state index is 13.7. The van der Waals surface area contributed by atoms with Gasteiger partial charge in [-0.2, -0.15) is 0 Å². The Morgan fingerprint density at radius 3 is 2.45 bits per heavy atom. The number of amidine groups is 1. The molecule has 6 N–H and O–H groups in total. The molecule has 8 nitrogen and oxygen atoms in total. The van der Waals surface area contributed by atoms with Gasteiger partial charge >= 0.3 is 0 Å². The molecular formula is C32H32N6O2. The van der Waals surface area contributed by atoms with E-state index < -0.39 is 0 Å². The second kappa shape index (κ2) is 10.8.